The largest absolute Gasteiger partial charge is 0.335 e. The Kier molecular flexibility index (Phi) is 3.55. The van der Waals surface area contributed by atoms with Gasteiger partial charge in [0.1, 0.15) is 0 Å². The van der Waals surface area contributed by atoms with Crippen molar-refractivity contribution in [2.24, 2.45) is 0 Å². The SMILES string of the molecule is O=c1[nH]c2ccccc2c(=O)n1-c1nc(-c2ccccc2Cl)cs1. The number of fused-ring (bicyclic) bond motifs is 1. The highest BCUT2D eigenvalue weighted by molar-refractivity contribution is 7.12. The van der Waals surface area contributed by atoms with E-state index >= 15 is 0 Å². The lowest BCUT2D eigenvalue weighted by atomic mass is 10.2. The molecule has 1 N–H and O–H groups in total. The summed E-state index contributed by atoms with van der Waals surface area (Å²) in [5, 5.41) is 3.08. The molecular weight excluding hydrogens is 346 g/mol. The fourth-order valence-electron chi connectivity index (χ4n) is 2.50. The Bertz CT molecular complexity index is 1180. The molecule has 2 heterocycles. The number of hydrogen-bond acceptors (Lipinski definition) is 4. The fraction of sp³-hybridized carbons (Fsp3) is 0. The Morgan fingerprint density at radius 2 is 1.79 bits per heavy atom. The molecule has 0 aliphatic heterocycles. The molecule has 0 saturated heterocycles. The van der Waals surface area contributed by atoms with E-state index < -0.39 is 11.2 Å². The number of halogens is 1. The van der Waals surface area contributed by atoms with Crippen molar-refractivity contribution in [3.8, 4) is 16.4 Å². The molecule has 0 aliphatic rings. The number of aromatic nitrogens is 3. The summed E-state index contributed by atoms with van der Waals surface area (Å²) >= 11 is 7.40. The molecule has 118 valence electrons. The average molecular weight is 356 g/mol. The van der Waals surface area contributed by atoms with Crippen LogP contribution in [0.3, 0.4) is 0 Å². The summed E-state index contributed by atoms with van der Waals surface area (Å²) in [6, 6.07) is 14.2. The van der Waals surface area contributed by atoms with Crippen LogP contribution >= 0.6 is 22.9 Å². The molecule has 5 nitrogen and oxygen atoms in total. The van der Waals surface area contributed by atoms with Crippen molar-refractivity contribution in [3.05, 3.63) is 79.8 Å². The van der Waals surface area contributed by atoms with Gasteiger partial charge in [-0.25, -0.2) is 14.3 Å². The molecule has 2 aromatic carbocycles. The monoisotopic (exact) mass is 355 g/mol. The van der Waals surface area contributed by atoms with Crippen LogP contribution in [0.1, 0.15) is 0 Å². The molecule has 0 radical (unpaired) electrons. The van der Waals surface area contributed by atoms with Crippen molar-refractivity contribution in [2.75, 3.05) is 0 Å². The molecule has 0 unspecified atom stereocenters. The first kappa shape index (κ1) is 14.9. The number of benzene rings is 2. The van der Waals surface area contributed by atoms with Crippen LogP contribution in [0.5, 0.6) is 0 Å². The third-order valence-electron chi connectivity index (χ3n) is 3.64. The van der Waals surface area contributed by atoms with E-state index in [9.17, 15) is 9.59 Å². The van der Waals surface area contributed by atoms with Gasteiger partial charge in [0.15, 0.2) is 0 Å². The quantitative estimate of drug-likeness (QED) is 0.598. The number of para-hydroxylation sites is 1. The zero-order valence-corrected chi connectivity index (χ0v) is 13.8. The molecule has 0 saturated carbocycles. The van der Waals surface area contributed by atoms with Gasteiger partial charge in [0.2, 0.25) is 5.13 Å². The summed E-state index contributed by atoms with van der Waals surface area (Å²) in [6.45, 7) is 0. The lowest BCUT2D eigenvalue weighted by molar-refractivity contribution is 0.891. The Labute approximate surface area is 144 Å². The van der Waals surface area contributed by atoms with Gasteiger partial charge in [0.05, 0.1) is 16.6 Å². The third kappa shape index (κ3) is 2.36. The standard InChI is InChI=1S/C17H10ClN3O2S/c18-12-7-3-1-5-10(12)14-9-24-17(20-14)21-15(22)11-6-2-4-8-13(11)19-16(21)23/h1-9H,(H,19,23). The van der Waals surface area contributed by atoms with Crippen molar-refractivity contribution < 1.29 is 0 Å². The number of H-pyrrole nitrogens is 1. The smallest absolute Gasteiger partial charge is 0.306 e. The lowest BCUT2D eigenvalue weighted by Gasteiger charge is -2.03. The normalized spacial score (nSPS) is 11.0. The van der Waals surface area contributed by atoms with Gasteiger partial charge in [-0.2, -0.15) is 0 Å². The highest BCUT2D eigenvalue weighted by Crippen LogP contribution is 2.29. The van der Waals surface area contributed by atoms with Crippen molar-refractivity contribution in [2.45, 2.75) is 0 Å². The lowest BCUT2D eigenvalue weighted by Crippen LogP contribution is -2.33. The molecule has 4 rings (SSSR count). The summed E-state index contributed by atoms with van der Waals surface area (Å²) in [6.07, 6.45) is 0. The van der Waals surface area contributed by atoms with E-state index in [1.165, 1.54) is 11.3 Å². The van der Waals surface area contributed by atoms with E-state index in [2.05, 4.69) is 9.97 Å². The van der Waals surface area contributed by atoms with Gasteiger partial charge >= 0.3 is 5.69 Å². The van der Waals surface area contributed by atoms with Crippen LogP contribution in [0.25, 0.3) is 27.3 Å². The van der Waals surface area contributed by atoms with Crippen LogP contribution in [-0.2, 0) is 0 Å². The number of thiazole rings is 1. The molecule has 0 spiro atoms. The van der Waals surface area contributed by atoms with Crippen LogP contribution < -0.4 is 11.2 Å². The van der Waals surface area contributed by atoms with Crippen LogP contribution in [0, 0.1) is 0 Å². The van der Waals surface area contributed by atoms with Gasteiger partial charge in [-0.1, -0.05) is 41.9 Å². The highest BCUT2D eigenvalue weighted by atomic mass is 35.5. The number of nitrogens with one attached hydrogen (secondary N) is 1. The number of nitrogens with zero attached hydrogens (tertiary/aromatic N) is 2. The maximum atomic E-state index is 12.6. The summed E-state index contributed by atoms with van der Waals surface area (Å²) in [5.74, 6) is 0. The molecule has 2 aromatic heterocycles. The van der Waals surface area contributed by atoms with Crippen molar-refractivity contribution in [1.82, 2.24) is 14.5 Å². The topological polar surface area (TPSA) is 67.8 Å². The van der Waals surface area contributed by atoms with Crippen molar-refractivity contribution >= 4 is 33.8 Å². The molecule has 24 heavy (non-hydrogen) atoms. The van der Waals surface area contributed by atoms with Gasteiger partial charge in [0.25, 0.3) is 5.56 Å². The third-order valence-corrected chi connectivity index (χ3v) is 4.79. The van der Waals surface area contributed by atoms with E-state index in [-0.39, 0.29) is 0 Å². The predicted molar refractivity (Wildman–Crippen MR) is 96.3 cm³/mol. The zero-order valence-electron chi connectivity index (χ0n) is 12.2. The Morgan fingerprint density at radius 3 is 2.62 bits per heavy atom. The van der Waals surface area contributed by atoms with Crippen LogP contribution in [0.2, 0.25) is 5.02 Å². The minimum Gasteiger partial charge on any atom is -0.306 e. The number of rotatable bonds is 2. The number of hydrogen-bond donors (Lipinski definition) is 1. The van der Waals surface area contributed by atoms with Gasteiger partial charge < -0.3 is 4.98 Å². The van der Waals surface area contributed by atoms with E-state index in [1.807, 2.05) is 18.2 Å². The van der Waals surface area contributed by atoms with Gasteiger partial charge in [-0.05, 0) is 18.2 Å². The summed E-state index contributed by atoms with van der Waals surface area (Å²) in [7, 11) is 0. The molecule has 4 aromatic rings. The fourth-order valence-corrected chi connectivity index (χ4v) is 3.55. The first-order valence-corrected chi connectivity index (χ1v) is 8.36. The summed E-state index contributed by atoms with van der Waals surface area (Å²) < 4.78 is 1.05. The molecule has 0 amide bonds. The van der Waals surface area contributed by atoms with E-state index in [1.54, 1.807) is 35.7 Å². The van der Waals surface area contributed by atoms with Gasteiger partial charge in [0, 0.05) is 16.0 Å². The summed E-state index contributed by atoms with van der Waals surface area (Å²) in [4.78, 5) is 32.1. The zero-order chi connectivity index (χ0) is 16.7. The second-order valence-corrected chi connectivity index (χ2v) is 6.36. The van der Waals surface area contributed by atoms with Crippen LogP contribution in [0.15, 0.2) is 63.5 Å². The molecule has 0 bridgehead atoms. The van der Waals surface area contributed by atoms with Gasteiger partial charge in [-0.3, -0.25) is 4.79 Å². The first-order valence-electron chi connectivity index (χ1n) is 7.10. The molecule has 0 aliphatic carbocycles. The minimum atomic E-state index is -0.515. The maximum Gasteiger partial charge on any atom is 0.335 e. The molecular formula is C17H10ClN3O2S. The predicted octanol–water partition coefficient (Wildman–Crippen LogP) is 3.46. The van der Waals surface area contributed by atoms with Crippen LogP contribution in [0.4, 0.5) is 0 Å². The molecule has 0 atom stereocenters. The Balaban J connectivity index is 1.92. The minimum absolute atomic E-state index is 0.307. The summed E-state index contributed by atoms with van der Waals surface area (Å²) in [5.41, 5.74) is 0.979. The van der Waals surface area contributed by atoms with Crippen molar-refractivity contribution in [1.29, 1.82) is 0 Å². The molecule has 0 fully saturated rings. The highest BCUT2D eigenvalue weighted by Gasteiger charge is 2.14. The average Bonchev–Trinajstić information content (AvgIpc) is 3.04. The van der Waals surface area contributed by atoms with E-state index in [0.717, 1.165) is 10.1 Å². The maximum absolute atomic E-state index is 12.6. The molecule has 7 heteroatoms. The van der Waals surface area contributed by atoms with Gasteiger partial charge in [-0.15, -0.1) is 11.3 Å². The van der Waals surface area contributed by atoms with E-state index in [4.69, 9.17) is 11.6 Å². The number of aromatic amines is 1. The van der Waals surface area contributed by atoms with Crippen molar-refractivity contribution in [3.63, 3.8) is 0 Å². The Hall–Kier alpha value is -2.70. The van der Waals surface area contributed by atoms with Crippen LogP contribution in [-0.4, -0.2) is 14.5 Å². The Morgan fingerprint density at radius 1 is 1.04 bits per heavy atom. The second kappa shape index (κ2) is 5.74. The van der Waals surface area contributed by atoms with E-state index in [0.29, 0.717) is 26.8 Å². The first-order chi connectivity index (χ1) is 11.6. The second-order valence-electron chi connectivity index (χ2n) is 5.11.